The lowest BCUT2D eigenvalue weighted by Crippen LogP contribution is -2.20. The molecule has 2 atom stereocenters. The Bertz CT molecular complexity index is 1200. The lowest BCUT2D eigenvalue weighted by molar-refractivity contribution is -0.139. The van der Waals surface area contributed by atoms with Crippen LogP contribution in [0.1, 0.15) is 39.4 Å². The van der Waals surface area contributed by atoms with E-state index in [2.05, 4.69) is 15.3 Å². The van der Waals surface area contributed by atoms with Crippen LogP contribution in [0, 0.1) is 5.82 Å². The van der Waals surface area contributed by atoms with Crippen LogP contribution >= 0.6 is 0 Å². The molecule has 0 aliphatic rings. The summed E-state index contributed by atoms with van der Waals surface area (Å²) in [5.41, 5.74) is 1.98. The normalized spacial score (nSPS) is 13.7. The molecule has 2 aromatic heterocycles. The average molecular weight is 484 g/mol. The maximum absolute atomic E-state index is 13.7. The van der Waals surface area contributed by atoms with Crippen LogP contribution in [0.15, 0.2) is 42.6 Å². The molecule has 35 heavy (non-hydrogen) atoms. The van der Waals surface area contributed by atoms with Gasteiger partial charge >= 0.3 is 5.97 Å². The smallest absolute Gasteiger partial charge is 0.305 e. The van der Waals surface area contributed by atoms with Crippen LogP contribution in [0.5, 0.6) is 0 Å². The number of carbonyl (C=O) groups is 1. The van der Waals surface area contributed by atoms with Crippen LogP contribution < -0.4 is 5.32 Å². The number of aliphatic carboxylic acids is 1. The largest absolute Gasteiger partial charge is 0.481 e. The van der Waals surface area contributed by atoms with Crippen molar-refractivity contribution in [3.05, 3.63) is 54.2 Å². The van der Waals surface area contributed by atoms with E-state index in [0.29, 0.717) is 34.4 Å². The van der Waals surface area contributed by atoms with E-state index in [9.17, 15) is 19.4 Å². The summed E-state index contributed by atoms with van der Waals surface area (Å²) in [7, 11) is 1.71. The number of nitrogens with zero attached hydrogens (tertiary/aromatic N) is 4. The molecule has 0 saturated carbocycles. The van der Waals surface area contributed by atoms with Gasteiger partial charge in [-0.3, -0.25) is 4.79 Å². The highest BCUT2D eigenvalue weighted by atomic mass is 19.1. The number of anilines is 1. The molecule has 1 aromatic carbocycles. The second kappa shape index (κ2) is 10.7. The van der Waals surface area contributed by atoms with Crippen LogP contribution in [0.4, 0.5) is 10.3 Å². The van der Waals surface area contributed by atoms with Gasteiger partial charge in [-0.2, -0.15) is 0 Å². The summed E-state index contributed by atoms with van der Waals surface area (Å²) in [5, 5.41) is 32.1. The molecule has 0 fully saturated rings. The first-order valence-electron chi connectivity index (χ1n) is 11.2. The molecule has 0 aliphatic carbocycles. The summed E-state index contributed by atoms with van der Waals surface area (Å²) in [6, 6.07) is 7.72. The minimum absolute atomic E-state index is 0.140. The third kappa shape index (κ3) is 6.49. The minimum Gasteiger partial charge on any atom is -0.481 e. The number of hydrogen-bond donors (Lipinski definition) is 4. The van der Waals surface area contributed by atoms with Crippen molar-refractivity contribution < 1.29 is 24.5 Å². The van der Waals surface area contributed by atoms with Crippen LogP contribution in [-0.2, 0) is 10.2 Å². The van der Waals surface area contributed by atoms with E-state index >= 15 is 0 Å². The zero-order chi connectivity index (χ0) is 25.8. The molecule has 2 heterocycles. The number of nitrogens with one attached hydrogen (secondary N) is 1. The Morgan fingerprint density at radius 3 is 2.46 bits per heavy atom. The van der Waals surface area contributed by atoms with Crippen molar-refractivity contribution >= 4 is 18.1 Å². The molecule has 0 amide bonds. The number of benzene rings is 1. The van der Waals surface area contributed by atoms with Gasteiger partial charge in [-0.15, -0.1) is 0 Å². The highest BCUT2D eigenvalue weighted by Crippen LogP contribution is 2.36. The zero-order valence-electron chi connectivity index (χ0n) is 20.1. The van der Waals surface area contributed by atoms with E-state index in [1.165, 1.54) is 18.2 Å². The second-order valence-electron chi connectivity index (χ2n) is 9.17. The predicted molar refractivity (Wildman–Crippen MR) is 131 cm³/mol. The van der Waals surface area contributed by atoms with E-state index in [4.69, 9.17) is 10.1 Å². The van der Waals surface area contributed by atoms with Crippen molar-refractivity contribution in [1.82, 2.24) is 19.5 Å². The van der Waals surface area contributed by atoms with E-state index in [0.717, 1.165) is 0 Å². The number of halogens is 1. The molecule has 0 aliphatic heterocycles. The van der Waals surface area contributed by atoms with E-state index in [-0.39, 0.29) is 12.2 Å². The summed E-state index contributed by atoms with van der Waals surface area (Å²) < 4.78 is 15.5. The van der Waals surface area contributed by atoms with Crippen molar-refractivity contribution in [2.75, 3.05) is 12.4 Å². The zero-order valence-corrected chi connectivity index (χ0v) is 20.1. The van der Waals surface area contributed by atoms with Gasteiger partial charge in [-0.1, -0.05) is 20.8 Å². The predicted octanol–water partition coefficient (Wildman–Crippen LogP) is 3.54. The molecule has 186 valence electrons. The van der Waals surface area contributed by atoms with Crippen molar-refractivity contribution in [2.45, 2.75) is 51.2 Å². The summed E-state index contributed by atoms with van der Waals surface area (Å²) in [6.45, 7) is 5.97. The van der Waals surface area contributed by atoms with E-state index < -0.39 is 30.0 Å². The minimum atomic E-state index is -1.19. The number of rotatable bonds is 9. The fraction of sp³-hybridized carbons (Fsp3) is 0.360. The van der Waals surface area contributed by atoms with Gasteiger partial charge in [-0.05, 0) is 36.4 Å². The lowest BCUT2D eigenvalue weighted by atomic mass is 9.95. The van der Waals surface area contributed by atoms with E-state index in [1.807, 2.05) is 20.8 Å². The van der Waals surface area contributed by atoms with Crippen LogP contribution in [-0.4, -0.2) is 60.1 Å². The van der Waals surface area contributed by atoms with Crippen LogP contribution in [0.3, 0.4) is 0 Å². The van der Waals surface area contributed by atoms with Crippen LogP contribution in [0.25, 0.3) is 28.8 Å². The highest BCUT2D eigenvalue weighted by Gasteiger charge is 2.27. The van der Waals surface area contributed by atoms with E-state index in [1.54, 1.807) is 42.2 Å². The van der Waals surface area contributed by atoms with Gasteiger partial charge in [-0.25, -0.2) is 19.3 Å². The van der Waals surface area contributed by atoms with Gasteiger partial charge < -0.3 is 25.2 Å². The Morgan fingerprint density at radius 2 is 1.86 bits per heavy atom. The first-order valence-corrected chi connectivity index (χ1v) is 11.2. The summed E-state index contributed by atoms with van der Waals surface area (Å²) in [5.74, 6) is -0.452. The number of hydrogen-bond acceptors (Lipinski definition) is 7. The molecule has 3 aromatic rings. The molecule has 4 N–H and O–H groups in total. The molecule has 0 unspecified atom stereocenters. The lowest BCUT2D eigenvalue weighted by Gasteiger charge is -2.19. The van der Waals surface area contributed by atoms with Crippen molar-refractivity contribution in [1.29, 1.82) is 0 Å². The van der Waals surface area contributed by atoms with Gasteiger partial charge in [0.15, 0.2) is 0 Å². The first kappa shape index (κ1) is 26.0. The van der Waals surface area contributed by atoms with Crippen molar-refractivity contribution in [2.24, 2.45) is 0 Å². The molecule has 0 radical (unpaired) electrons. The fourth-order valence-corrected chi connectivity index (χ4v) is 3.61. The number of aliphatic hydroxyl groups excluding tert-OH is 2. The van der Waals surface area contributed by atoms with Gasteiger partial charge in [0.25, 0.3) is 0 Å². The number of aliphatic hydroxyl groups is 2. The Morgan fingerprint density at radius 1 is 1.17 bits per heavy atom. The molecule has 0 bridgehead atoms. The Balaban J connectivity index is 2.17. The van der Waals surface area contributed by atoms with Gasteiger partial charge in [0.1, 0.15) is 17.3 Å². The number of carboxylic acids is 1. The first-order chi connectivity index (χ1) is 16.5. The maximum atomic E-state index is 13.7. The topological polar surface area (TPSA) is 133 Å². The summed E-state index contributed by atoms with van der Waals surface area (Å²) >= 11 is 0. The molecule has 10 heteroatoms. The van der Waals surface area contributed by atoms with Gasteiger partial charge in [0, 0.05) is 36.8 Å². The summed E-state index contributed by atoms with van der Waals surface area (Å²) in [6.07, 6.45) is 1.83. The Kier molecular flexibility index (Phi) is 7.98. The molecule has 9 nitrogen and oxygen atoms in total. The van der Waals surface area contributed by atoms with Crippen molar-refractivity contribution in [3.63, 3.8) is 0 Å². The monoisotopic (exact) mass is 483 g/mol. The van der Waals surface area contributed by atoms with Gasteiger partial charge in [0.2, 0.25) is 5.95 Å². The highest BCUT2D eigenvalue weighted by molar-refractivity contribution is 5.79. The summed E-state index contributed by atoms with van der Waals surface area (Å²) in [4.78, 5) is 24.4. The molecular formula is C25H30FN5O4. The molecule has 3 rings (SSSR count). The van der Waals surface area contributed by atoms with Crippen molar-refractivity contribution in [3.8, 4) is 22.6 Å². The molecular weight excluding hydrogens is 453 g/mol. The molecule has 0 saturated heterocycles. The quantitative estimate of drug-likeness (QED) is 0.363. The molecule has 0 spiro atoms. The Hall–Kier alpha value is -3.63. The fourth-order valence-electron chi connectivity index (χ4n) is 3.61. The SMILES string of the molecule is CNc1nccc(-c2nc(C(C)(C)C)n(/C=C/[C@@H](O)C[C@@H](O)CC(=O)O)c2-c2ccc(F)cc2)n1. The van der Waals surface area contributed by atoms with Gasteiger partial charge in [0.05, 0.1) is 30.0 Å². The third-order valence-corrected chi connectivity index (χ3v) is 5.20. The second-order valence-corrected chi connectivity index (χ2v) is 9.17. The average Bonchev–Trinajstić information content (AvgIpc) is 3.17. The number of carboxylic acid groups (broad SMARTS) is 1. The third-order valence-electron chi connectivity index (χ3n) is 5.20. The Labute approximate surface area is 203 Å². The standard InChI is InChI=1S/C25H30FN5O4/c1-25(2,3)23-30-21(19-9-11-28-24(27-4)29-19)22(15-5-7-16(26)8-6-15)31(23)12-10-17(32)13-18(33)14-20(34)35/h5-12,17-18,32-33H,13-14H2,1-4H3,(H,34,35)(H,27,28,29)/b12-10+/t17-,18-/m1/s1. The number of aromatic nitrogens is 4. The van der Waals surface area contributed by atoms with Crippen LogP contribution in [0.2, 0.25) is 0 Å². The maximum Gasteiger partial charge on any atom is 0.305 e. The number of imidazole rings is 1.